The molecule has 2 bridgehead atoms. The maximum absolute atomic E-state index is 9.73. The van der Waals surface area contributed by atoms with Crippen LogP contribution in [0.25, 0.3) is 0 Å². The quantitative estimate of drug-likeness (QED) is 0.776. The fourth-order valence-electron chi connectivity index (χ4n) is 3.45. The highest BCUT2D eigenvalue weighted by Crippen LogP contribution is 2.59. The van der Waals surface area contributed by atoms with Crippen molar-refractivity contribution in [3.8, 4) is 12.1 Å². The number of aliphatic imine (C=N–C) groups is 1. The van der Waals surface area contributed by atoms with E-state index in [1.54, 1.807) is 0 Å². The number of rotatable bonds is 1. The maximum atomic E-state index is 9.73. The maximum Gasteiger partial charge on any atom is 0.212 e. The zero-order chi connectivity index (χ0) is 14.5. The molecule has 2 aliphatic heterocycles. The molecule has 19 heavy (non-hydrogen) atoms. The van der Waals surface area contributed by atoms with E-state index in [1.807, 2.05) is 27.7 Å². The Hall–Kier alpha value is -2.01. The van der Waals surface area contributed by atoms with Gasteiger partial charge in [-0.25, -0.2) is 4.99 Å². The zero-order valence-electron chi connectivity index (χ0n) is 11.7. The molecular weight excluding hydrogens is 240 g/mol. The Balaban J connectivity index is 2.80. The molecule has 0 amide bonds. The van der Waals surface area contributed by atoms with Crippen molar-refractivity contribution in [1.82, 2.24) is 0 Å². The molecule has 0 fully saturated rings. The molecule has 0 aromatic rings. The first-order valence-corrected chi connectivity index (χ1v) is 6.34. The summed E-state index contributed by atoms with van der Waals surface area (Å²) in [6, 6.07) is 4.40. The Labute approximate surface area is 113 Å². The van der Waals surface area contributed by atoms with Gasteiger partial charge in [-0.05, 0) is 20.3 Å². The highest BCUT2D eigenvalue weighted by molar-refractivity contribution is 5.93. The monoisotopic (exact) mass is 258 g/mol. The molecule has 2 atom stereocenters. The fraction of sp³-hybridized carbons (Fsp3) is 0.643. The van der Waals surface area contributed by atoms with E-state index in [0.29, 0.717) is 30.2 Å². The van der Waals surface area contributed by atoms with Crippen LogP contribution in [0.1, 0.15) is 34.1 Å². The molecule has 100 valence electrons. The van der Waals surface area contributed by atoms with E-state index >= 15 is 0 Å². The zero-order valence-corrected chi connectivity index (χ0v) is 11.7. The van der Waals surface area contributed by atoms with Gasteiger partial charge < -0.3 is 10.5 Å². The van der Waals surface area contributed by atoms with Crippen molar-refractivity contribution in [2.45, 2.75) is 39.7 Å². The third-order valence-electron chi connectivity index (χ3n) is 4.24. The normalized spacial score (nSPS) is 35.4. The van der Waals surface area contributed by atoms with Crippen molar-refractivity contribution in [1.29, 1.82) is 10.5 Å². The molecule has 3 rings (SSSR count). The van der Waals surface area contributed by atoms with E-state index in [2.05, 4.69) is 17.1 Å². The predicted molar refractivity (Wildman–Crippen MR) is 70.7 cm³/mol. The van der Waals surface area contributed by atoms with Crippen LogP contribution in [0.2, 0.25) is 0 Å². The van der Waals surface area contributed by atoms with Crippen molar-refractivity contribution in [2.75, 3.05) is 6.61 Å². The van der Waals surface area contributed by atoms with E-state index in [9.17, 15) is 10.5 Å². The van der Waals surface area contributed by atoms with Crippen LogP contribution in [0.4, 0.5) is 0 Å². The van der Waals surface area contributed by atoms with Crippen molar-refractivity contribution in [3.05, 3.63) is 11.3 Å². The van der Waals surface area contributed by atoms with Gasteiger partial charge in [0, 0.05) is 5.41 Å². The second kappa shape index (κ2) is 3.74. The van der Waals surface area contributed by atoms with Crippen molar-refractivity contribution in [2.24, 2.45) is 21.6 Å². The lowest BCUT2D eigenvalue weighted by atomic mass is 9.52. The Bertz CT molecular complexity index is 575. The number of hydrogen-bond donors (Lipinski definition) is 1. The lowest BCUT2D eigenvalue weighted by Crippen LogP contribution is -2.60. The summed E-state index contributed by atoms with van der Waals surface area (Å²) in [4.78, 5) is 4.52. The van der Waals surface area contributed by atoms with E-state index in [1.165, 1.54) is 0 Å². The average molecular weight is 258 g/mol. The minimum absolute atomic E-state index is 0.301. The number of ether oxygens (including phenoxy) is 1. The summed E-state index contributed by atoms with van der Waals surface area (Å²) in [5.74, 6) is 0.354. The third-order valence-corrected chi connectivity index (χ3v) is 4.24. The lowest BCUT2D eigenvalue weighted by molar-refractivity contribution is 0.107. The Morgan fingerprint density at radius 3 is 2.47 bits per heavy atom. The number of nitriles is 2. The number of hydrogen-bond acceptors (Lipinski definition) is 5. The van der Waals surface area contributed by atoms with E-state index in [0.717, 1.165) is 0 Å². The number of nitrogens with two attached hydrogens (primary N) is 1. The van der Waals surface area contributed by atoms with Gasteiger partial charge in [-0.15, -0.1) is 0 Å². The molecule has 0 aromatic heterocycles. The first-order chi connectivity index (χ1) is 8.79. The van der Waals surface area contributed by atoms with E-state index in [4.69, 9.17) is 10.5 Å². The van der Waals surface area contributed by atoms with Crippen LogP contribution in [0.5, 0.6) is 0 Å². The van der Waals surface area contributed by atoms with Crippen LogP contribution >= 0.6 is 0 Å². The summed E-state index contributed by atoms with van der Waals surface area (Å²) in [6.45, 7) is 8.09. The second-order valence-electron chi connectivity index (χ2n) is 5.95. The molecule has 0 saturated heterocycles. The number of fused-ring (bicyclic) bond motifs is 1. The SMILES string of the molecule is CCOC1=N[C@@]2(C)CC(C)(C)[C@]1(C#N)C(N)=C2C#N. The highest BCUT2D eigenvalue weighted by atomic mass is 16.5. The molecule has 0 saturated carbocycles. The number of nitrogens with zero attached hydrogens (tertiary/aromatic N) is 3. The first-order valence-electron chi connectivity index (χ1n) is 6.34. The molecule has 1 aliphatic carbocycles. The third kappa shape index (κ3) is 1.36. The van der Waals surface area contributed by atoms with Crippen LogP contribution in [0.15, 0.2) is 16.3 Å². The molecule has 5 heteroatoms. The van der Waals surface area contributed by atoms with Gasteiger partial charge in [0.1, 0.15) is 0 Å². The largest absolute Gasteiger partial charge is 0.480 e. The summed E-state index contributed by atoms with van der Waals surface area (Å²) in [5, 5.41) is 19.1. The Morgan fingerprint density at radius 2 is 2.00 bits per heavy atom. The molecule has 0 unspecified atom stereocenters. The Morgan fingerprint density at radius 1 is 1.37 bits per heavy atom. The Kier molecular flexibility index (Phi) is 2.64. The van der Waals surface area contributed by atoms with E-state index in [-0.39, 0.29) is 0 Å². The van der Waals surface area contributed by atoms with Gasteiger partial charge in [0.25, 0.3) is 0 Å². The summed E-state index contributed by atoms with van der Waals surface area (Å²) in [5.41, 5.74) is 4.63. The minimum atomic E-state index is -1.13. The van der Waals surface area contributed by atoms with Crippen LogP contribution in [-0.4, -0.2) is 18.0 Å². The minimum Gasteiger partial charge on any atom is -0.480 e. The molecule has 3 aliphatic rings. The summed E-state index contributed by atoms with van der Waals surface area (Å²) >= 11 is 0. The van der Waals surface area contributed by atoms with Crippen LogP contribution < -0.4 is 5.73 Å². The van der Waals surface area contributed by atoms with Gasteiger partial charge in [0.15, 0.2) is 5.41 Å². The average Bonchev–Trinajstić information content (AvgIpc) is 2.27. The first kappa shape index (κ1) is 13.4. The highest BCUT2D eigenvalue weighted by Gasteiger charge is 2.65. The van der Waals surface area contributed by atoms with Gasteiger partial charge in [-0.1, -0.05) is 13.8 Å². The smallest absolute Gasteiger partial charge is 0.212 e. The topological polar surface area (TPSA) is 95.2 Å². The lowest BCUT2D eigenvalue weighted by Gasteiger charge is -2.54. The molecule has 2 N–H and O–H groups in total. The molecular formula is C14H18N4O. The second-order valence-corrected chi connectivity index (χ2v) is 5.95. The molecule has 0 aromatic carbocycles. The molecule has 0 radical (unpaired) electrons. The fourth-order valence-corrected chi connectivity index (χ4v) is 3.45. The van der Waals surface area contributed by atoms with Crippen molar-refractivity contribution < 1.29 is 4.74 Å². The van der Waals surface area contributed by atoms with Crippen LogP contribution in [-0.2, 0) is 4.74 Å². The van der Waals surface area contributed by atoms with Gasteiger partial charge >= 0.3 is 0 Å². The molecule has 2 heterocycles. The summed E-state index contributed by atoms with van der Waals surface area (Å²) in [6.07, 6.45) is 0.605. The van der Waals surface area contributed by atoms with Crippen molar-refractivity contribution in [3.63, 3.8) is 0 Å². The van der Waals surface area contributed by atoms with Crippen LogP contribution in [0.3, 0.4) is 0 Å². The summed E-state index contributed by atoms with van der Waals surface area (Å²) in [7, 11) is 0. The molecule has 5 nitrogen and oxygen atoms in total. The van der Waals surface area contributed by atoms with Gasteiger partial charge in [0.05, 0.1) is 35.6 Å². The predicted octanol–water partition coefficient (Wildman–Crippen LogP) is 1.87. The van der Waals surface area contributed by atoms with Gasteiger partial charge in [-0.3, -0.25) is 0 Å². The van der Waals surface area contributed by atoms with Gasteiger partial charge in [-0.2, -0.15) is 10.5 Å². The van der Waals surface area contributed by atoms with Crippen molar-refractivity contribution >= 4 is 5.90 Å². The van der Waals surface area contributed by atoms with Gasteiger partial charge in [0.2, 0.25) is 5.90 Å². The summed E-state index contributed by atoms with van der Waals surface area (Å²) < 4.78 is 5.58. The van der Waals surface area contributed by atoms with Crippen LogP contribution in [0, 0.1) is 33.5 Å². The molecule has 0 spiro atoms. The standard InChI is InChI=1S/C14H18N4O/c1-5-19-11-14(8-16)10(17)9(6-15)13(4,18-11)7-12(14,2)3/h5,7,17H2,1-4H3/t13-,14+/m0/s1. The number of dihydropyridines is 1. The van der Waals surface area contributed by atoms with E-state index < -0.39 is 16.4 Å².